The molecule has 206 valence electrons. The third-order valence-electron chi connectivity index (χ3n) is 7.05. The Kier molecular flexibility index (Phi) is 7.39. The SMILES string of the molecule is CCN(Cc1ccccc1F)S(=O)(=O)c1ccc2c(c1)c(N1CCCC1)nn2Cc1ccccc1C(F)(F)F. The molecule has 3 aromatic carbocycles. The number of aromatic nitrogens is 2. The second kappa shape index (κ2) is 10.6. The fourth-order valence-electron chi connectivity index (χ4n) is 5.01. The second-order valence-electron chi connectivity index (χ2n) is 9.53. The first-order valence-electron chi connectivity index (χ1n) is 12.7. The monoisotopic (exact) mass is 560 g/mol. The van der Waals surface area contributed by atoms with E-state index in [1.54, 1.807) is 37.3 Å². The minimum Gasteiger partial charge on any atom is -0.355 e. The first kappa shape index (κ1) is 27.1. The van der Waals surface area contributed by atoms with E-state index in [1.165, 1.54) is 39.3 Å². The quantitative estimate of drug-likeness (QED) is 0.246. The van der Waals surface area contributed by atoms with Gasteiger partial charge in [-0.05, 0) is 48.7 Å². The van der Waals surface area contributed by atoms with Crippen molar-refractivity contribution in [1.29, 1.82) is 0 Å². The Morgan fingerprint density at radius 1 is 0.949 bits per heavy atom. The molecule has 1 fully saturated rings. The van der Waals surface area contributed by atoms with Gasteiger partial charge in [-0.15, -0.1) is 0 Å². The van der Waals surface area contributed by atoms with E-state index in [4.69, 9.17) is 0 Å². The van der Waals surface area contributed by atoms with Gasteiger partial charge in [0.2, 0.25) is 10.0 Å². The lowest BCUT2D eigenvalue weighted by molar-refractivity contribution is -0.138. The van der Waals surface area contributed by atoms with Gasteiger partial charge >= 0.3 is 6.18 Å². The highest BCUT2D eigenvalue weighted by Crippen LogP contribution is 2.35. The van der Waals surface area contributed by atoms with Crippen LogP contribution in [0.3, 0.4) is 0 Å². The van der Waals surface area contributed by atoms with Crippen LogP contribution < -0.4 is 4.90 Å². The van der Waals surface area contributed by atoms with Crippen LogP contribution in [0.25, 0.3) is 10.9 Å². The van der Waals surface area contributed by atoms with Crippen LogP contribution in [-0.4, -0.2) is 42.1 Å². The van der Waals surface area contributed by atoms with Gasteiger partial charge in [-0.25, -0.2) is 12.8 Å². The lowest BCUT2D eigenvalue weighted by Crippen LogP contribution is -2.30. The number of benzene rings is 3. The van der Waals surface area contributed by atoms with Gasteiger partial charge in [0.25, 0.3) is 0 Å². The Bertz CT molecular complexity index is 1590. The van der Waals surface area contributed by atoms with Crippen molar-refractivity contribution in [3.63, 3.8) is 0 Å². The molecule has 0 aliphatic carbocycles. The summed E-state index contributed by atoms with van der Waals surface area (Å²) in [6, 6.07) is 15.9. The molecular formula is C28H28F4N4O2S. The Balaban J connectivity index is 1.57. The minimum absolute atomic E-state index is 0.0175. The van der Waals surface area contributed by atoms with Gasteiger partial charge in [-0.3, -0.25) is 4.68 Å². The molecule has 0 spiro atoms. The standard InChI is InChI=1S/C28H28F4N4O2S/c1-2-35(18-21-10-4-6-12-25(21)29)39(37,38)22-13-14-26-23(17-22)27(34-15-7-8-16-34)33-36(26)19-20-9-3-5-11-24(20)28(30,31)32/h3-6,9-14,17H,2,7-8,15-16,18-19H2,1H3. The Labute approximate surface area is 224 Å². The Hall–Kier alpha value is -3.44. The van der Waals surface area contributed by atoms with Crippen molar-refractivity contribution in [2.45, 2.75) is 43.9 Å². The van der Waals surface area contributed by atoms with Crippen LogP contribution in [0.15, 0.2) is 71.6 Å². The molecule has 6 nitrogen and oxygen atoms in total. The number of rotatable bonds is 8. The molecule has 0 unspecified atom stereocenters. The van der Waals surface area contributed by atoms with Crippen LogP contribution in [0.1, 0.15) is 36.5 Å². The number of halogens is 4. The highest BCUT2D eigenvalue weighted by atomic mass is 32.2. The van der Waals surface area contributed by atoms with Crippen LogP contribution >= 0.6 is 0 Å². The van der Waals surface area contributed by atoms with Crippen LogP contribution in [0.4, 0.5) is 23.4 Å². The van der Waals surface area contributed by atoms with Crippen molar-refractivity contribution >= 4 is 26.7 Å². The second-order valence-corrected chi connectivity index (χ2v) is 11.5. The predicted molar refractivity (Wildman–Crippen MR) is 141 cm³/mol. The summed E-state index contributed by atoms with van der Waals surface area (Å²) in [7, 11) is -4.01. The van der Waals surface area contributed by atoms with E-state index >= 15 is 0 Å². The van der Waals surface area contributed by atoms with Crippen molar-refractivity contribution < 1.29 is 26.0 Å². The van der Waals surface area contributed by atoms with E-state index in [9.17, 15) is 26.0 Å². The van der Waals surface area contributed by atoms with Crippen molar-refractivity contribution in [2.24, 2.45) is 0 Å². The highest BCUT2D eigenvalue weighted by molar-refractivity contribution is 7.89. The summed E-state index contributed by atoms with van der Waals surface area (Å²) < 4.78 is 85.3. The molecule has 0 saturated carbocycles. The maximum Gasteiger partial charge on any atom is 0.416 e. The largest absolute Gasteiger partial charge is 0.416 e. The topological polar surface area (TPSA) is 58.4 Å². The zero-order chi connectivity index (χ0) is 27.8. The Morgan fingerprint density at radius 3 is 2.28 bits per heavy atom. The zero-order valence-electron chi connectivity index (χ0n) is 21.3. The molecule has 1 aromatic heterocycles. The van der Waals surface area contributed by atoms with Gasteiger partial charge < -0.3 is 4.90 Å². The number of hydrogen-bond acceptors (Lipinski definition) is 4. The summed E-state index contributed by atoms with van der Waals surface area (Å²) in [6.07, 6.45) is -2.63. The predicted octanol–water partition coefficient (Wildman–Crippen LogP) is 6.05. The average molecular weight is 561 g/mol. The molecule has 1 aliphatic rings. The lowest BCUT2D eigenvalue weighted by Gasteiger charge is -2.21. The summed E-state index contributed by atoms with van der Waals surface area (Å²) in [6.45, 7) is 2.99. The molecular weight excluding hydrogens is 532 g/mol. The van der Waals surface area contributed by atoms with Crippen LogP contribution in [0.5, 0.6) is 0 Å². The fourth-order valence-corrected chi connectivity index (χ4v) is 6.47. The van der Waals surface area contributed by atoms with Gasteiger partial charge in [0.15, 0.2) is 5.82 Å². The zero-order valence-corrected chi connectivity index (χ0v) is 22.1. The number of hydrogen-bond donors (Lipinski definition) is 0. The Morgan fingerprint density at radius 2 is 1.62 bits per heavy atom. The summed E-state index contributed by atoms with van der Waals surface area (Å²) in [5, 5.41) is 5.22. The number of alkyl halides is 3. The normalized spacial score (nSPS) is 14.6. The maximum atomic E-state index is 14.3. The first-order valence-corrected chi connectivity index (χ1v) is 14.2. The molecule has 11 heteroatoms. The van der Waals surface area contributed by atoms with Gasteiger partial charge in [0, 0.05) is 37.1 Å². The van der Waals surface area contributed by atoms with E-state index in [-0.39, 0.29) is 35.7 Å². The van der Waals surface area contributed by atoms with Crippen LogP contribution in [0.2, 0.25) is 0 Å². The molecule has 4 aromatic rings. The van der Waals surface area contributed by atoms with Gasteiger partial charge in [-0.1, -0.05) is 43.3 Å². The number of sulfonamides is 1. The molecule has 0 N–H and O–H groups in total. The number of anilines is 1. The third-order valence-corrected chi connectivity index (χ3v) is 8.96. The molecule has 5 rings (SSSR count). The smallest absolute Gasteiger partial charge is 0.355 e. The van der Waals surface area contributed by atoms with Gasteiger partial charge in [0.1, 0.15) is 5.82 Å². The number of fused-ring (bicyclic) bond motifs is 1. The van der Waals surface area contributed by atoms with Crippen molar-refractivity contribution in [3.05, 3.63) is 89.2 Å². The lowest BCUT2D eigenvalue weighted by atomic mass is 10.1. The minimum atomic E-state index is -4.51. The van der Waals surface area contributed by atoms with E-state index in [1.807, 2.05) is 4.90 Å². The van der Waals surface area contributed by atoms with E-state index < -0.39 is 27.6 Å². The van der Waals surface area contributed by atoms with Crippen molar-refractivity contribution in [3.8, 4) is 0 Å². The molecule has 39 heavy (non-hydrogen) atoms. The van der Waals surface area contributed by atoms with Crippen molar-refractivity contribution in [2.75, 3.05) is 24.5 Å². The molecule has 0 amide bonds. The summed E-state index contributed by atoms with van der Waals surface area (Å²) >= 11 is 0. The van der Waals surface area contributed by atoms with Crippen LogP contribution in [-0.2, 0) is 29.3 Å². The highest BCUT2D eigenvalue weighted by Gasteiger charge is 2.33. The van der Waals surface area contributed by atoms with E-state index in [0.29, 0.717) is 16.7 Å². The average Bonchev–Trinajstić information content (AvgIpc) is 3.56. The molecule has 0 radical (unpaired) electrons. The molecule has 0 bridgehead atoms. The fraction of sp³-hybridized carbons (Fsp3) is 0.321. The van der Waals surface area contributed by atoms with E-state index in [0.717, 1.165) is 32.0 Å². The van der Waals surface area contributed by atoms with Crippen molar-refractivity contribution in [1.82, 2.24) is 14.1 Å². The number of nitrogens with zero attached hydrogens (tertiary/aromatic N) is 4. The summed E-state index contributed by atoms with van der Waals surface area (Å²) in [4.78, 5) is 2.05. The van der Waals surface area contributed by atoms with Gasteiger partial charge in [0.05, 0.1) is 22.5 Å². The molecule has 1 saturated heterocycles. The van der Waals surface area contributed by atoms with Gasteiger partial charge in [-0.2, -0.15) is 22.6 Å². The summed E-state index contributed by atoms with van der Waals surface area (Å²) in [5.41, 5.74) is 0.131. The third kappa shape index (κ3) is 5.38. The maximum absolute atomic E-state index is 14.3. The van der Waals surface area contributed by atoms with E-state index in [2.05, 4.69) is 5.10 Å². The van der Waals surface area contributed by atoms with Crippen LogP contribution in [0, 0.1) is 5.82 Å². The molecule has 1 aliphatic heterocycles. The molecule has 0 atom stereocenters. The summed E-state index contributed by atoms with van der Waals surface area (Å²) in [5.74, 6) is 0.0551. The first-order chi connectivity index (χ1) is 18.6. The molecule has 2 heterocycles.